The minimum Gasteiger partial charge on any atom is -0.494 e. The Hall–Kier alpha value is -1.42. The maximum absolute atomic E-state index is 12.9. The zero-order valence-corrected chi connectivity index (χ0v) is 12.5. The highest BCUT2D eigenvalue weighted by Crippen LogP contribution is 2.38. The van der Waals surface area contributed by atoms with Gasteiger partial charge in [0.05, 0.1) is 7.11 Å². The van der Waals surface area contributed by atoms with Crippen LogP contribution in [0.2, 0.25) is 0 Å². The van der Waals surface area contributed by atoms with Crippen molar-refractivity contribution in [1.82, 2.24) is 4.98 Å². The van der Waals surface area contributed by atoms with Gasteiger partial charge in [-0.1, -0.05) is 6.92 Å². The Bertz CT molecular complexity index is 465. The fourth-order valence-electron chi connectivity index (χ4n) is 2.88. The van der Waals surface area contributed by atoms with Gasteiger partial charge in [-0.25, -0.2) is 4.98 Å². The van der Waals surface area contributed by atoms with Gasteiger partial charge >= 0.3 is 0 Å². The van der Waals surface area contributed by atoms with E-state index in [9.17, 15) is 4.79 Å². The molecule has 2 rings (SSSR count). The number of carbonyl (C=O) groups excluding carboxylic acids is 1. The van der Waals surface area contributed by atoms with Crippen molar-refractivity contribution in [1.29, 1.82) is 0 Å². The second kappa shape index (κ2) is 6.35. The molecule has 0 amide bonds. The van der Waals surface area contributed by atoms with Gasteiger partial charge in [-0.2, -0.15) is 0 Å². The molecule has 1 fully saturated rings. The summed E-state index contributed by atoms with van der Waals surface area (Å²) in [6, 6.07) is 3.54. The van der Waals surface area contributed by atoms with Crippen molar-refractivity contribution in [3.8, 4) is 5.75 Å². The van der Waals surface area contributed by atoms with E-state index in [-0.39, 0.29) is 5.78 Å². The quantitative estimate of drug-likeness (QED) is 0.775. The van der Waals surface area contributed by atoms with E-state index in [1.165, 1.54) is 0 Å². The third-order valence-corrected chi connectivity index (χ3v) is 4.12. The molecule has 1 aliphatic rings. The molecule has 0 unspecified atom stereocenters. The SMILES string of the molecule is CCOC1(C(=O)c2ncccc2OC)CCC(C)CC1. The van der Waals surface area contributed by atoms with E-state index in [4.69, 9.17) is 9.47 Å². The highest BCUT2D eigenvalue weighted by atomic mass is 16.5. The molecule has 0 N–H and O–H groups in total. The molecule has 1 aliphatic carbocycles. The minimum absolute atomic E-state index is 0.0382. The van der Waals surface area contributed by atoms with Crippen LogP contribution < -0.4 is 4.74 Å². The number of carbonyl (C=O) groups is 1. The van der Waals surface area contributed by atoms with Crippen LogP contribution >= 0.6 is 0 Å². The van der Waals surface area contributed by atoms with Gasteiger partial charge in [0.15, 0.2) is 5.69 Å². The van der Waals surface area contributed by atoms with Crippen LogP contribution in [0.3, 0.4) is 0 Å². The van der Waals surface area contributed by atoms with Gasteiger partial charge < -0.3 is 9.47 Å². The Morgan fingerprint density at radius 2 is 2.15 bits per heavy atom. The summed E-state index contributed by atoms with van der Waals surface area (Å²) < 4.78 is 11.2. The van der Waals surface area contributed by atoms with Crippen LogP contribution in [0.5, 0.6) is 5.75 Å². The summed E-state index contributed by atoms with van der Waals surface area (Å²) in [4.78, 5) is 17.1. The number of ketones is 1. The number of methoxy groups -OCH3 is 1. The largest absolute Gasteiger partial charge is 0.494 e. The summed E-state index contributed by atoms with van der Waals surface area (Å²) in [5.41, 5.74) is -0.332. The summed E-state index contributed by atoms with van der Waals surface area (Å²) in [5, 5.41) is 0. The summed E-state index contributed by atoms with van der Waals surface area (Å²) in [7, 11) is 1.56. The van der Waals surface area contributed by atoms with E-state index in [1.54, 1.807) is 25.4 Å². The lowest BCUT2D eigenvalue weighted by molar-refractivity contribution is -0.0478. The molecular formula is C16H23NO3. The molecule has 110 valence electrons. The number of Topliss-reactive ketones (excluding diaryl/α,β-unsaturated/α-hetero) is 1. The molecule has 0 aromatic carbocycles. The first-order valence-electron chi connectivity index (χ1n) is 7.30. The summed E-state index contributed by atoms with van der Waals surface area (Å²) in [5.74, 6) is 1.14. The van der Waals surface area contributed by atoms with Crippen molar-refractivity contribution >= 4 is 5.78 Å². The van der Waals surface area contributed by atoms with E-state index in [1.807, 2.05) is 6.92 Å². The third-order valence-electron chi connectivity index (χ3n) is 4.12. The second-order valence-corrected chi connectivity index (χ2v) is 5.49. The molecule has 4 heteroatoms. The Morgan fingerprint density at radius 3 is 2.75 bits per heavy atom. The molecule has 1 saturated carbocycles. The monoisotopic (exact) mass is 277 g/mol. The topological polar surface area (TPSA) is 48.4 Å². The molecule has 1 aromatic heterocycles. The predicted octanol–water partition coefficient (Wildman–Crippen LogP) is 3.26. The number of rotatable bonds is 5. The van der Waals surface area contributed by atoms with Crippen molar-refractivity contribution in [2.75, 3.05) is 13.7 Å². The Morgan fingerprint density at radius 1 is 1.45 bits per heavy atom. The van der Waals surface area contributed by atoms with Crippen LogP contribution in [0.15, 0.2) is 18.3 Å². The molecule has 0 bridgehead atoms. The van der Waals surface area contributed by atoms with E-state index >= 15 is 0 Å². The molecule has 20 heavy (non-hydrogen) atoms. The summed E-state index contributed by atoms with van der Waals surface area (Å²) >= 11 is 0. The molecule has 1 heterocycles. The van der Waals surface area contributed by atoms with E-state index in [0.29, 0.717) is 24.0 Å². The van der Waals surface area contributed by atoms with Crippen LogP contribution in [0.25, 0.3) is 0 Å². The van der Waals surface area contributed by atoms with E-state index < -0.39 is 5.60 Å². The number of hydrogen-bond acceptors (Lipinski definition) is 4. The first-order chi connectivity index (χ1) is 9.63. The van der Waals surface area contributed by atoms with Crippen molar-refractivity contribution in [2.24, 2.45) is 5.92 Å². The standard InChI is InChI=1S/C16H23NO3/c1-4-20-16(9-7-12(2)8-10-16)15(18)14-13(19-3)6-5-11-17-14/h5-6,11-12H,4,7-10H2,1-3H3. The molecule has 1 aromatic rings. The van der Waals surface area contributed by atoms with Gasteiger partial charge in [0, 0.05) is 12.8 Å². The van der Waals surface area contributed by atoms with Crippen molar-refractivity contribution in [2.45, 2.75) is 45.1 Å². The van der Waals surface area contributed by atoms with Gasteiger partial charge in [0.2, 0.25) is 5.78 Å². The van der Waals surface area contributed by atoms with Gasteiger partial charge in [-0.05, 0) is 50.7 Å². The van der Waals surface area contributed by atoms with Crippen LogP contribution in [-0.2, 0) is 4.74 Å². The number of aromatic nitrogens is 1. The molecule has 0 radical (unpaired) electrons. The van der Waals surface area contributed by atoms with E-state index in [2.05, 4.69) is 11.9 Å². The predicted molar refractivity (Wildman–Crippen MR) is 77.1 cm³/mol. The minimum atomic E-state index is -0.719. The van der Waals surface area contributed by atoms with Crippen LogP contribution in [0.1, 0.15) is 50.0 Å². The molecule has 4 nitrogen and oxygen atoms in total. The average molecular weight is 277 g/mol. The van der Waals surface area contributed by atoms with Crippen molar-refractivity contribution < 1.29 is 14.3 Å². The van der Waals surface area contributed by atoms with Crippen molar-refractivity contribution in [3.63, 3.8) is 0 Å². The second-order valence-electron chi connectivity index (χ2n) is 5.49. The average Bonchev–Trinajstić information content (AvgIpc) is 2.49. The molecule has 0 aliphatic heterocycles. The molecule has 0 spiro atoms. The lowest BCUT2D eigenvalue weighted by atomic mass is 9.76. The molecule has 0 atom stereocenters. The zero-order valence-electron chi connectivity index (χ0n) is 12.5. The van der Waals surface area contributed by atoms with Gasteiger partial charge in [0.1, 0.15) is 11.4 Å². The number of hydrogen-bond donors (Lipinski definition) is 0. The number of ether oxygens (including phenoxy) is 2. The fraction of sp³-hybridized carbons (Fsp3) is 0.625. The van der Waals surface area contributed by atoms with Gasteiger partial charge in [-0.3, -0.25) is 4.79 Å². The highest BCUT2D eigenvalue weighted by Gasteiger charge is 2.43. The first-order valence-corrected chi connectivity index (χ1v) is 7.30. The summed E-state index contributed by atoms with van der Waals surface area (Å²) in [6.07, 6.45) is 5.18. The summed E-state index contributed by atoms with van der Waals surface area (Å²) in [6.45, 7) is 4.69. The van der Waals surface area contributed by atoms with E-state index in [0.717, 1.165) is 25.7 Å². The first kappa shape index (κ1) is 15.0. The highest BCUT2D eigenvalue weighted by molar-refractivity contribution is 6.03. The smallest absolute Gasteiger partial charge is 0.216 e. The van der Waals surface area contributed by atoms with Crippen LogP contribution in [-0.4, -0.2) is 30.1 Å². The Labute approximate surface area is 120 Å². The maximum atomic E-state index is 12.9. The zero-order chi connectivity index (χ0) is 14.6. The molecule has 0 saturated heterocycles. The molecular weight excluding hydrogens is 254 g/mol. The lowest BCUT2D eigenvalue weighted by Crippen LogP contribution is -2.45. The normalized spacial score (nSPS) is 26.2. The third kappa shape index (κ3) is 2.85. The number of nitrogens with zero attached hydrogens (tertiary/aromatic N) is 1. The number of pyridine rings is 1. The Balaban J connectivity index is 2.31. The lowest BCUT2D eigenvalue weighted by Gasteiger charge is -2.37. The van der Waals surface area contributed by atoms with Crippen LogP contribution in [0, 0.1) is 5.92 Å². The Kier molecular flexibility index (Phi) is 4.76. The maximum Gasteiger partial charge on any atom is 0.216 e. The van der Waals surface area contributed by atoms with Crippen LogP contribution in [0.4, 0.5) is 0 Å². The van der Waals surface area contributed by atoms with Crippen molar-refractivity contribution in [3.05, 3.63) is 24.0 Å². The fourth-order valence-corrected chi connectivity index (χ4v) is 2.88. The van der Waals surface area contributed by atoms with Gasteiger partial charge in [0.25, 0.3) is 0 Å². The van der Waals surface area contributed by atoms with Gasteiger partial charge in [-0.15, -0.1) is 0 Å².